The minimum Gasteiger partial charge on any atom is -0.352 e. The van der Waals surface area contributed by atoms with E-state index in [0.717, 1.165) is 10.7 Å². The van der Waals surface area contributed by atoms with Crippen molar-refractivity contribution in [1.29, 1.82) is 5.26 Å². The van der Waals surface area contributed by atoms with E-state index in [1.54, 1.807) is 11.8 Å². The van der Waals surface area contributed by atoms with Gasteiger partial charge in [0.05, 0.1) is 11.1 Å². The van der Waals surface area contributed by atoms with E-state index >= 15 is 0 Å². The van der Waals surface area contributed by atoms with Crippen molar-refractivity contribution in [2.24, 2.45) is 0 Å². The number of nitrogens with one attached hydrogen (secondary N) is 1. The van der Waals surface area contributed by atoms with Crippen molar-refractivity contribution in [3.8, 4) is 6.07 Å². The van der Waals surface area contributed by atoms with Crippen molar-refractivity contribution in [3.63, 3.8) is 0 Å². The summed E-state index contributed by atoms with van der Waals surface area (Å²) in [6.07, 6.45) is 1.52. The molecule has 10 heavy (non-hydrogen) atoms. The van der Waals surface area contributed by atoms with Gasteiger partial charge >= 0.3 is 0 Å². The number of nitrogens with zero attached hydrogens (tertiary/aromatic N) is 1. The van der Waals surface area contributed by atoms with Crippen molar-refractivity contribution in [1.82, 2.24) is 5.32 Å². The summed E-state index contributed by atoms with van der Waals surface area (Å²) in [5.41, 5.74) is 1.14. The topological polar surface area (TPSA) is 35.8 Å². The SMILES string of the molecule is CC1=C(C)SC(=CC#N)N1. The monoisotopic (exact) mass is 152 g/mol. The lowest BCUT2D eigenvalue weighted by atomic mass is 10.4. The number of rotatable bonds is 0. The van der Waals surface area contributed by atoms with Crippen molar-refractivity contribution in [2.45, 2.75) is 13.8 Å². The molecular weight excluding hydrogens is 144 g/mol. The van der Waals surface area contributed by atoms with Gasteiger partial charge in [0.25, 0.3) is 0 Å². The Hall–Kier alpha value is -0.880. The standard InChI is InChI=1S/C7H8N2S/c1-5-6(2)10-7(9-5)3-4-8/h3,9H,1-2H3. The van der Waals surface area contributed by atoms with Crippen LogP contribution in [0.2, 0.25) is 0 Å². The highest BCUT2D eigenvalue weighted by Gasteiger charge is 2.10. The molecule has 0 bridgehead atoms. The van der Waals surface area contributed by atoms with Gasteiger partial charge in [-0.1, -0.05) is 11.8 Å². The molecule has 0 unspecified atom stereocenters. The summed E-state index contributed by atoms with van der Waals surface area (Å²) in [6, 6.07) is 1.98. The van der Waals surface area contributed by atoms with Crippen molar-refractivity contribution in [2.75, 3.05) is 0 Å². The Morgan fingerprint density at radius 1 is 1.60 bits per heavy atom. The molecule has 1 rings (SSSR count). The molecule has 0 saturated carbocycles. The van der Waals surface area contributed by atoms with E-state index in [1.807, 2.05) is 19.9 Å². The van der Waals surface area contributed by atoms with Gasteiger partial charge in [-0.15, -0.1) is 0 Å². The summed E-state index contributed by atoms with van der Waals surface area (Å²) in [5, 5.41) is 12.3. The molecule has 0 radical (unpaired) electrons. The molecule has 1 N–H and O–H groups in total. The maximum atomic E-state index is 8.30. The summed E-state index contributed by atoms with van der Waals surface area (Å²) >= 11 is 1.61. The molecular formula is C7H8N2S. The number of thioether (sulfide) groups is 1. The Morgan fingerprint density at radius 3 is 2.70 bits per heavy atom. The normalized spacial score (nSPS) is 21.1. The molecule has 0 aromatic rings. The zero-order valence-corrected chi connectivity index (χ0v) is 6.75. The molecule has 52 valence electrons. The number of allylic oxidation sites excluding steroid dienone is 3. The molecule has 0 aromatic heterocycles. The fraction of sp³-hybridized carbons (Fsp3) is 0.286. The van der Waals surface area contributed by atoms with Crippen molar-refractivity contribution >= 4 is 11.8 Å². The number of hydrogen-bond acceptors (Lipinski definition) is 3. The summed E-state index contributed by atoms with van der Waals surface area (Å²) in [5.74, 6) is 0. The molecule has 2 nitrogen and oxygen atoms in total. The molecule has 1 aliphatic rings. The van der Waals surface area contributed by atoms with Gasteiger partial charge in [-0.25, -0.2) is 0 Å². The predicted molar refractivity (Wildman–Crippen MR) is 42.8 cm³/mol. The lowest BCUT2D eigenvalue weighted by Crippen LogP contribution is -2.00. The van der Waals surface area contributed by atoms with Crippen molar-refractivity contribution < 1.29 is 0 Å². The third-order valence-electron chi connectivity index (χ3n) is 1.30. The first-order chi connectivity index (χ1) is 4.74. The molecule has 0 saturated heterocycles. The highest BCUT2D eigenvalue weighted by atomic mass is 32.2. The van der Waals surface area contributed by atoms with E-state index < -0.39 is 0 Å². The first kappa shape index (κ1) is 7.23. The van der Waals surface area contributed by atoms with Gasteiger partial charge in [0.2, 0.25) is 0 Å². The molecule has 0 amide bonds. The fourth-order valence-corrected chi connectivity index (χ4v) is 1.51. The van der Waals surface area contributed by atoms with Gasteiger partial charge in [-0.3, -0.25) is 0 Å². The van der Waals surface area contributed by atoms with Gasteiger partial charge in [-0.05, 0) is 13.8 Å². The van der Waals surface area contributed by atoms with Crippen LogP contribution in [0.1, 0.15) is 13.8 Å². The largest absolute Gasteiger partial charge is 0.352 e. The Morgan fingerprint density at radius 2 is 2.30 bits per heavy atom. The average molecular weight is 152 g/mol. The summed E-state index contributed by atoms with van der Waals surface area (Å²) in [7, 11) is 0. The Balaban J connectivity index is 2.70. The second kappa shape index (κ2) is 2.80. The quantitative estimate of drug-likeness (QED) is 0.539. The molecule has 0 atom stereocenters. The molecule has 0 spiro atoms. The van der Waals surface area contributed by atoms with Gasteiger partial charge in [0.1, 0.15) is 0 Å². The molecule has 3 heteroatoms. The Bertz CT molecular complexity index is 229. The lowest BCUT2D eigenvalue weighted by Gasteiger charge is -1.93. The lowest BCUT2D eigenvalue weighted by molar-refractivity contribution is 1.05. The maximum Gasteiger partial charge on any atom is 0.0939 e. The molecule has 0 aromatic carbocycles. The van der Waals surface area contributed by atoms with Crippen LogP contribution in [0.25, 0.3) is 0 Å². The molecule has 0 aliphatic carbocycles. The van der Waals surface area contributed by atoms with Gasteiger partial charge in [0.15, 0.2) is 0 Å². The van der Waals surface area contributed by atoms with Gasteiger partial charge in [-0.2, -0.15) is 5.26 Å². The summed E-state index contributed by atoms with van der Waals surface area (Å²) < 4.78 is 0. The van der Waals surface area contributed by atoms with Crippen LogP contribution in [0.3, 0.4) is 0 Å². The van der Waals surface area contributed by atoms with E-state index in [-0.39, 0.29) is 0 Å². The predicted octanol–water partition coefficient (Wildman–Crippen LogP) is 1.94. The van der Waals surface area contributed by atoms with Crippen LogP contribution < -0.4 is 5.32 Å². The first-order valence-corrected chi connectivity index (χ1v) is 3.78. The zero-order valence-electron chi connectivity index (χ0n) is 5.93. The van der Waals surface area contributed by atoms with Crippen LogP contribution in [-0.4, -0.2) is 0 Å². The number of hydrogen-bond donors (Lipinski definition) is 1. The highest BCUT2D eigenvalue weighted by Crippen LogP contribution is 2.31. The third-order valence-corrected chi connectivity index (χ3v) is 2.35. The Kier molecular flexibility index (Phi) is 2.03. The van der Waals surface area contributed by atoms with Crippen LogP contribution in [0, 0.1) is 11.3 Å². The average Bonchev–Trinajstić information content (AvgIpc) is 2.14. The van der Waals surface area contributed by atoms with E-state index in [4.69, 9.17) is 5.26 Å². The second-order valence-corrected chi connectivity index (χ2v) is 3.30. The number of nitriles is 1. The Labute approximate surface area is 64.6 Å². The smallest absolute Gasteiger partial charge is 0.0939 e. The third kappa shape index (κ3) is 1.34. The minimum absolute atomic E-state index is 0.928. The first-order valence-electron chi connectivity index (χ1n) is 2.96. The maximum absolute atomic E-state index is 8.30. The summed E-state index contributed by atoms with van der Waals surface area (Å²) in [6.45, 7) is 4.03. The van der Waals surface area contributed by atoms with Gasteiger partial charge < -0.3 is 5.32 Å². The second-order valence-electron chi connectivity index (χ2n) is 2.05. The fourth-order valence-electron chi connectivity index (χ4n) is 0.664. The highest BCUT2D eigenvalue weighted by molar-refractivity contribution is 8.06. The van der Waals surface area contributed by atoms with E-state index in [1.165, 1.54) is 11.0 Å². The van der Waals surface area contributed by atoms with Gasteiger partial charge in [0, 0.05) is 16.7 Å². The molecule has 0 fully saturated rings. The van der Waals surface area contributed by atoms with Crippen LogP contribution in [-0.2, 0) is 0 Å². The minimum atomic E-state index is 0.928. The van der Waals surface area contributed by atoms with E-state index in [9.17, 15) is 0 Å². The summed E-state index contributed by atoms with van der Waals surface area (Å²) in [4.78, 5) is 1.24. The van der Waals surface area contributed by atoms with Crippen LogP contribution >= 0.6 is 11.8 Å². The van der Waals surface area contributed by atoms with E-state index in [2.05, 4.69) is 5.32 Å². The van der Waals surface area contributed by atoms with Crippen LogP contribution in [0.5, 0.6) is 0 Å². The van der Waals surface area contributed by atoms with E-state index in [0.29, 0.717) is 0 Å². The molecule has 1 aliphatic heterocycles. The molecule has 1 heterocycles. The van der Waals surface area contributed by atoms with Crippen LogP contribution in [0.15, 0.2) is 21.7 Å². The zero-order chi connectivity index (χ0) is 7.56. The van der Waals surface area contributed by atoms with Crippen LogP contribution in [0.4, 0.5) is 0 Å². The van der Waals surface area contributed by atoms with Crippen molar-refractivity contribution in [3.05, 3.63) is 21.7 Å².